The minimum Gasteiger partial charge on any atom is -0.472 e. The van der Waals surface area contributed by atoms with Gasteiger partial charge in [-0.05, 0) is 63.0 Å². The third-order valence-electron chi connectivity index (χ3n) is 5.34. The molecule has 0 aliphatic heterocycles. The molecule has 0 fully saturated rings. The Morgan fingerprint density at radius 3 is 2.24 bits per heavy atom. The van der Waals surface area contributed by atoms with Gasteiger partial charge in [0.2, 0.25) is 0 Å². The Morgan fingerprint density at radius 1 is 0.971 bits per heavy atom. The predicted molar refractivity (Wildman–Crippen MR) is 136 cm³/mol. The molecule has 0 aromatic heterocycles. The van der Waals surface area contributed by atoms with Gasteiger partial charge in [0.15, 0.2) is 0 Å². The van der Waals surface area contributed by atoms with Crippen LogP contribution in [0.2, 0.25) is 0 Å². The Labute approximate surface area is 209 Å². The molecule has 1 aliphatic rings. The van der Waals surface area contributed by atoms with Gasteiger partial charge in [0.25, 0.3) is 5.91 Å². The van der Waals surface area contributed by atoms with Crippen LogP contribution in [0.3, 0.4) is 0 Å². The highest BCUT2D eigenvalue weighted by Crippen LogP contribution is 2.44. The predicted octanol–water partition coefficient (Wildman–Crippen LogP) is 4.47. The van der Waals surface area contributed by atoms with Gasteiger partial charge in [0, 0.05) is 21.0 Å². The zero-order valence-electron chi connectivity index (χ0n) is 17.8. The maximum absolute atomic E-state index is 12.5. The van der Waals surface area contributed by atoms with Gasteiger partial charge in [-0.1, -0.05) is 54.5 Å². The van der Waals surface area contributed by atoms with Crippen LogP contribution in [-0.2, 0) is 9.53 Å². The number of hydrogen-bond donors (Lipinski definition) is 3. The van der Waals surface area contributed by atoms with Crippen molar-refractivity contribution < 1.29 is 24.2 Å². The average Bonchev–Trinajstić information content (AvgIpc) is 3.15. The summed E-state index contributed by atoms with van der Waals surface area (Å²) in [4.78, 5) is 35.1. The SMILES string of the molecule is O=C(O)C#CCNC(=O)c1ccc(NC(=O)OCC2c3ccccc3-c3ccccc32)c(I)c1. The number of benzene rings is 3. The highest BCUT2D eigenvalue weighted by atomic mass is 127. The van der Waals surface area contributed by atoms with E-state index in [1.54, 1.807) is 18.2 Å². The van der Waals surface area contributed by atoms with E-state index >= 15 is 0 Å². The standard InChI is InChI=1S/C26H19IN2O5/c27-22-14-16(25(32)28-13-5-10-24(30)31)11-12-23(22)29-26(33)34-15-21-19-8-3-1-6-17(19)18-7-2-4-9-20(18)21/h1-4,6-9,11-12,14,21H,13,15H2,(H,28,32)(H,29,33)(H,30,31). The first kappa shape index (κ1) is 23.3. The zero-order valence-corrected chi connectivity index (χ0v) is 20.0. The summed E-state index contributed by atoms with van der Waals surface area (Å²) < 4.78 is 6.21. The lowest BCUT2D eigenvalue weighted by molar-refractivity contribution is -0.130. The van der Waals surface area contributed by atoms with Crippen molar-refractivity contribution in [2.45, 2.75) is 5.92 Å². The Balaban J connectivity index is 1.37. The lowest BCUT2D eigenvalue weighted by Gasteiger charge is -2.15. The molecule has 7 nitrogen and oxygen atoms in total. The molecular weight excluding hydrogens is 547 g/mol. The van der Waals surface area contributed by atoms with Crippen LogP contribution in [0, 0.1) is 15.4 Å². The Kier molecular flexibility index (Phi) is 7.13. The third kappa shape index (κ3) is 5.21. The molecule has 0 heterocycles. The normalized spacial score (nSPS) is 11.4. The van der Waals surface area contributed by atoms with Crippen LogP contribution in [0.15, 0.2) is 66.7 Å². The number of carboxylic acids is 1. The van der Waals surface area contributed by atoms with Crippen molar-refractivity contribution in [1.82, 2.24) is 5.32 Å². The number of rotatable bonds is 5. The number of carboxylic acid groups (broad SMARTS) is 1. The van der Waals surface area contributed by atoms with E-state index in [9.17, 15) is 14.4 Å². The molecule has 170 valence electrons. The number of hydrogen-bond acceptors (Lipinski definition) is 4. The molecule has 0 radical (unpaired) electrons. The van der Waals surface area contributed by atoms with E-state index < -0.39 is 18.0 Å². The van der Waals surface area contributed by atoms with Gasteiger partial charge in [-0.2, -0.15) is 0 Å². The Morgan fingerprint density at radius 2 is 1.62 bits per heavy atom. The zero-order chi connectivity index (χ0) is 24.1. The molecule has 0 saturated heterocycles. The molecule has 34 heavy (non-hydrogen) atoms. The van der Waals surface area contributed by atoms with Crippen molar-refractivity contribution in [2.24, 2.45) is 0 Å². The fourth-order valence-corrected chi connectivity index (χ4v) is 4.50. The molecule has 0 bridgehead atoms. The van der Waals surface area contributed by atoms with E-state index in [4.69, 9.17) is 9.84 Å². The quantitative estimate of drug-likeness (QED) is 0.313. The van der Waals surface area contributed by atoms with Crippen molar-refractivity contribution in [3.8, 4) is 23.0 Å². The number of aliphatic carboxylic acids is 1. The van der Waals surface area contributed by atoms with Crippen LogP contribution in [0.5, 0.6) is 0 Å². The molecule has 3 aromatic carbocycles. The number of amides is 2. The second kappa shape index (κ2) is 10.4. The van der Waals surface area contributed by atoms with Crippen LogP contribution in [0.1, 0.15) is 27.4 Å². The van der Waals surface area contributed by atoms with Gasteiger partial charge >= 0.3 is 12.1 Å². The number of carbonyl (C=O) groups is 3. The Hall–Kier alpha value is -3.84. The van der Waals surface area contributed by atoms with Crippen molar-refractivity contribution in [3.63, 3.8) is 0 Å². The number of carbonyl (C=O) groups excluding carboxylic acids is 2. The molecule has 8 heteroatoms. The van der Waals surface area contributed by atoms with Gasteiger partial charge in [-0.25, -0.2) is 9.59 Å². The molecule has 1 aliphatic carbocycles. The van der Waals surface area contributed by atoms with Gasteiger partial charge < -0.3 is 15.2 Å². The van der Waals surface area contributed by atoms with Gasteiger partial charge in [0.1, 0.15) is 6.61 Å². The molecule has 3 aromatic rings. The second-order valence-corrected chi connectivity index (χ2v) is 8.60. The van der Waals surface area contributed by atoms with E-state index in [1.807, 2.05) is 52.8 Å². The van der Waals surface area contributed by atoms with Crippen LogP contribution in [0.25, 0.3) is 11.1 Å². The summed E-state index contributed by atoms with van der Waals surface area (Å²) in [5.74, 6) is 2.57. The van der Waals surface area contributed by atoms with Crippen molar-refractivity contribution in [2.75, 3.05) is 18.5 Å². The summed E-state index contributed by atoms with van der Waals surface area (Å²) in [6.07, 6.45) is -0.582. The second-order valence-electron chi connectivity index (χ2n) is 7.43. The summed E-state index contributed by atoms with van der Waals surface area (Å²) in [6.45, 7) is 0.121. The van der Waals surface area contributed by atoms with Crippen LogP contribution >= 0.6 is 22.6 Å². The van der Waals surface area contributed by atoms with Gasteiger partial charge in [-0.3, -0.25) is 10.1 Å². The molecule has 4 rings (SSSR count). The molecule has 0 saturated carbocycles. The van der Waals surface area contributed by atoms with Crippen LogP contribution in [0.4, 0.5) is 10.5 Å². The lowest BCUT2D eigenvalue weighted by Crippen LogP contribution is -2.24. The molecule has 0 atom stereocenters. The smallest absolute Gasteiger partial charge is 0.411 e. The monoisotopic (exact) mass is 566 g/mol. The minimum absolute atomic E-state index is 0.0347. The summed E-state index contributed by atoms with van der Waals surface area (Å²) in [6, 6.07) is 21.0. The highest BCUT2D eigenvalue weighted by molar-refractivity contribution is 14.1. The molecule has 2 amide bonds. The number of fused-ring (bicyclic) bond motifs is 3. The van der Waals surface area contributed by atoms with E-state index in [2.05, 4.69) is 40.8 Å². The fourth-order valence-electron chi connectivity index (χ4n) is 3.85. The first-order valence-corrected chi connectivity index (χ1v) is 11.4. The number of halogens is 1. The fraction of sp³-hybridized carbons (Fsp3) is 0.115. The van der Waals surface area contributed by atoms with Gasteiger partial charge in [0.05, 0.1) is 12.2 Å². The number of nitrogens with one attached hydrogen (secondary N) is 2. The van der Waals surface area contributed by atoms with E-state index in [1.165, 1.54) is 0 Å². The summed E-state index contributed by atoms with van der Waals surface area (Å²) in [5, 5.41) is 13.7. The maximum Gasteiger partial charge on any atom is 0.411 e. The molecule has 0 spiro atoms. The maximum atomic E-state index is 12.5. The van der Waals surface area contributed by atoms with E-state index in [0.29, 0.717) is 14.8 Å². The van der Waals surface area contributed by atoms with Crippen molar-refractivity contribution in [1.29, 1.82) is 0 Å². The summed E-state index contributed by atoms with van der Waals surface area (Å²) in [5.41, 5.74) is 5.46. The number of ether oxygens (including phenoxy) is 1. The largest absolute Gasteiger partial charge is 0.472 e. The van der Waals surface area contributed by atoms with Crippen molar-refractivity contribution >= 4 is 46.2 Å². The first-order chi connectivity index (χ1) is 16.4. The summed E-state index contributed by atoms with van der Waals surface area (Å²) in [7, 11) is 0. The average molecular weight is 566 g/mol. The van der Waals surface area contributed by atoms with Crippen molar-refractivity contribution in [3.05, 3.63) is 87.0 Å². The highest BCUT2D eigenvalue weighted by Gasteiger charge is 2.29. The third-order valence-corrected chi connectivity index (χ3v) is 6.24. The molecule has 0 unspecified atom stereocenters. The van der Waals surface area contributed by atoms with E-state index in [-0.39, 0.29) is 19.1 Å². The van der Waals surface area contributed by atoms with Gasteiger partial charge in [-0.15, -0.1) is 0 Å². The first-order valence-electron chi connectivity index (χ1n) is 10.4. The molecule has 3 N–H and O–H groups in total. The lowest BCUT2D eigenvalue weighted by atomic mass is 9.98. The minimum atomic E-state index is -1.26. The topological polar surface area (TPSA) is 105 Å². The Bertz CT molecular complexity index is 1300. The van der Waals surface area contributed by atoms with Crippen LogP contribution in [-0.4, -0.2) is 36.2 Å². The number of anilines is 1. The summed E-state index contributed by atoms with van der Waals surface area (Å²) >= 11 is 2.02. The van der Waals surface area contributed by atoms with Crippen LogP contribution < -0.4 is 10.6 Å². The van der Waals surface area contributed by atoms with E-state index in [0.717, 1.165) is 22.3 Å². The molecular formula is C26H19IN2O5.